The highest BCUT2D eigenvalue weighted by Crippen LogP contribution is 2.27. The zero-order valence-electron chi connectivity index (χ0n) is 3.58. The van der Waals surface area contributed by atoms with Gasteiger partial charge in [0, 0.05) is 0 Å². The molecule has 0 saturated carbocycles. The van der Waals surface area contributed by atoms with Crippen LogP contribution in [-0.2, 0) is 0 Å². The van der Waals surface area contributed by atoms with Crippen LogP contribution in [0.4, 0.5) is 0 Å². The first-order valence-corrected chi connectivity index (χ1v) is 3.07. The van der Waals surface area contributed by atoms with Gasteiger partial charge in [-0.2, -0.15) is 0 Å². The second-order valence-corrected chi connectivity index (χ2v) is 3.36. The lowest BCUT2D eigenvalue weighted by molar-refractivity contribution is 2.39. The van der Waals surface area contributed by atoms with E-state index in [9.17, 15) is 0 Å². The topological polar surface area (TPSA) is 0 Å². The molecular weight excluding hydrogens is 151 g/mol. The Morgan fingerprint density at radius 3 is 1.43 bits per heavy atom. The van der Waals surface area contributed by atoms with Gasteiger partial charge in [0.15, 0.2) is 0 Å². The van der Waals surface area contributed by atoms with Crippen LogP contribution in [0.1, 0.15) is 0 Å². The first-order valence-electron chi connectivity index (χ1n) is 1.49. The van der Waals surface area contributed by atoms with Gasteiger partial charge in [0.05, 0.1) is 8.73 Å². The maximum Gasteiger partial charge on any atom is 0.0719 e. The molecule has 0 aliphatic rings. The van der Waals surface area contributed by atoms with Gasteiger partial charge in [-0.15, -0.1) is 0 Å². The predicted molar refractivity (Wildman–Crippen MR) is 37.6 cm³/mol. The molecule has 0 heterocycles. The fourth-order valence-electron chi connectivity index (χ4n) is 0.120. The quantitative estimate of drug-likeness (QED) is 0.590. The van der Waals surface area contributed by atoms with E-state index in [1.54, 1.807) is 0 Å². The Morgan fingerprint density at radius 1 is 1.14 bits per heavy atom. The molecule has 0 radical (unpaired) electrons. The Morgan fingerprint density at radius 2 is 1.43 bits per heavy atom. The van der Waals surface area contributed by atoms with Crippen LogP contribution in [0.3, 0.4) is 0 Å². The average Bonchev–Trinajstić information content (AvgIpc) is 1.27. The van der Waals surface area contributed by atoms with Crippen LogP contribution >= 0.6 is 35.0 Å². The largest absolute Gasteiger partial charge is 0.0770 e. The minimum absolute atomic E-state index is 0.444. The molecule has 0 atom stereocenters. The van der Waals surface area contributed by atoms with E-state index < -0.39 is 0 Å². The summed E-state index contributed by atoms with van der Waals surface area (Å²) in [5.74, 6) is 0. The number of hydrogen-bond donors (Lipinski definition) is 0. The second kappa shape index (κ2) is 3.42. The minimum atomic E-state index is 0.444. The van der Waals surface area contributed by atoms with Crippen LogP contribution < -0.4 is 0 Å². The fraction of sp³-hybridized carbons (Fsp3) is 0. The van der Waals surface area contributed by atoms with E-state index in [2.05, 4.69) is 13.2 Å². The zero-order valence-corrected chi connectivity index (χ0v) is 5.91. The third-order valence-electron chi connectivity index (χ3n) is 0.221. The number of hydrogen-bond acceptors (Lipinski definition) is 1. The normalized spacial score (nSPS) is 8.29. The van der Waals surface area contributed by atoms with Gasteiger partial charge < -0.3 is 0 Å². The van der Waals surface area contributed by atoms with Gasteiger partial charge >= 0.3 is 0 Å². The summed E-state index contributed by atoms with van der Waals surface area (Å²) in [5.41, 5.74) is 0. The first kappa shape index (κ1) is 7.41. The van der Waals surface area contributed by atoms with E-state index in [4.69, 9.17) is 23.2 Å². The van der Waals surface area contributed by atoms with Gasteiger partial charge in [-0.25, -0.2) is 0 Å². The highest BCUT2D eigenvalue weighted by molar-refractivity contribution is 8.09. The van der Waals surface area contributed by atoms with Crippen LogP contribution in [-0.4, -0.2) is 0 Å². The minimum Gasteiger partial charge on any atom is -0.0770 e. The van der Waals surface area contributed by atoms with Crippen molar-refractivity contribution in [1.82, 2.24) is 0 Å². The highest BCUT2D eigenvalue weighted by Gasteiger charge is 1.88. The molecule has 0 fully saturated rings. The van der Waals surface area contributed by atoms with Gasteiger partial charge in [-0.05, 0) is 0 Å². The van der Waals surface area contributed by atoms with Crippen LogP contribution in [0.15, 0.2) is 21.9 Å². The third kappa shape index (κ3) is 6.41. The fourth-order valence-corrected chi connectivity index (χ4v) is 1.04. The lowest BCUT2D eigenvalue weighted by Gasteiger charge is -1.87. The summed E-state index contributed by atoms with van der Waals surface area (Å²) >= 11 is 11.7. The van der Waals surface area contributed by atoms with Gasteiger partial charge in [-0.1, -0.05) is 48.1 Å². The van der Waals surface area contributed by atoms with Gasteiger partial charge in [0.1, 0.15) is 0 Å². The average molecular weight is 155 g/mol. The molecule has 0 spiro atoms. The molecule has 0 aliphatic carbocycles. The van der Waals surface area contributed by atoms with E-state index in [-0.39, 0.29) is 0 Å². The van der Waals surface area contributed by atoms with Crippen molar-refractivity contribution in [3.63, 3.8) is 0 Å². The van der Waals surface area contributed by atoms with Crippen molar-refractivity contribution >= 4 is 35.0 Å². The monoisotopic (exact) mass is 154 g/mol. The molecule has 40 valence electrons. The van der Waals surface area contributed by atoms with Crippen molar-refractivity contribution in [2.75, 3.05) is 0 Å². The Labute approximate surface area is 57.2 Å². The molecule has 0 N–H and O–H groups in total. The van der Waals surface area contributed by atoms with Gasteiger partial charge in [-0.3, -0.25) is 0 Å². The number of halogens is 2. The lowest BCUT2D eigenvalue weighted by atomic mass is 11.2. The van der Waals surface area contributed by atoms with Gasteiger partial charge in [0.2, 0.25) is 0 Å². The van der Waals surface area contributed by atoms with Crippen molar-refractivity contribution < 1.29 is 0 Å². The van der Waals surface area contributed by atoms with E-state index >= 15 is 0 Å². The van der Waals surface area contributed by atoms with Crippen molar-refractivity contribution in [3.05, 3.63) is 21.9 Å². The summed E-state index contributed by atoms with van der Waals surface area (Å²) in [6, 6.07) is 0. The maximum atomic E-state index is 5.30. The maximum absolute atomic E-state index is 5.30. The molecule has 7 heavy (non-hydrogen) atoms. The Hall–Kier alpha value is 0.410. The number of thioether (sulfide) groups is 1. The van der Waals surface area contributed by atoms with Crippen molar-refractivity contribution in [3.8, 4) is 0 Å². The van der Waals surface area contributed by atoms with Crippen LogP contribution in [0.5, 0.6) is 0 Å². The zero-order chi connectivity index (χ0) is 5.86. The van der Waals surface area contributed by atoms with E-state index in [1.165, 1.54) is 0 Å². The van der Waals surface area contributed by atoms with Crippen molar-refractivity contribution in [2.24, 2.45) is 0 Å². The van der Waals surface area contributed by atoms with E-state index in [1.807, 2.05) is 0 Å². The number of rotatable bonds is 2. The standard InChI is InChI=1S/C4H4Cl2S/c1-3(5)7-4(2)6/h1-2H2. The molecule has 0 aromatic heterocycles. The molecule has 3 heteroatoms. The van der Waals surface area contributed by atoms with Crippen LogP contribution in [0.25, 0.3) is 0 Å². The van der Waals surface area contributed by atoms with Crippen molar-refractivity contribution in [2.45, 2.75) is 0 Å². The third-order valence-corrected chi connectivity index (χ3v) is 1.13. The molecule has 0 nitrogen and oxygen atoms in total. The first-order chi connectivity index (χ1) is 3.13. The molecule has 0 rings (SSSR count). The summed E-state index contributed by atoms with van der Waals surface area (Å²) in [6.45, 7) is 6.76. The summed E-state index contributed by atoms with van der Waals surface area (Å²) in [4.78, 5) is 0. The molecule has 0 amide bonds. The summed E-state index contributed by atoms with van der Waals surface area (Å²) in [6.07, 6.45) is 0. The molecular formula is C4H4Cl2S. The van der Waals surface area contributed by atoms with E-state index in [0.717, 1.165) is 11.8 Å². The van der Waals surface area contributed by atoms with Crippen LogP contribution in [0, 0.1) is 0 Å². The summed E-state index contributed by atoms with van der Waals surface area (Å²) < 4.78 is 0.889. The van der Waals surface area contributed by atoms with Gasteiger partial charge in [0.25, 0.3) is 0 Å². The SMILES string of the molecule is C=C(Cl)SC(=C)Cl. The molecule has 0 saturated heterocycles. The predicted octanol–water partition coefficient (Wildman–Crippen LogP) is 3.14. The molecule has 0 aromatic rings. The van der Waals surface area contributed by atoms with Crippen LogP contribution in [0.2, 0.25) is 0 Å². The highest BCUT2D eigenvalue weighted by atomic mass is 35.5. The van der Waals surface area contributed by atoms with E-state index in [0.29, 0.717) is 8.73 Å². The molecule has 0 aromatic carbocycles. The Balaban J connectivity index is 3.32. The molecule has 0 bridgehead atoms. The molecule has 0 aliphatic heterocycles. The van der Waals surface area contributed by atoms with Crippen molar-refractivity contribution in [1.29, 1.82) is 0 Å². The Bertz CT molecular complexity index is 85.9. The smallest absolute Gasteiger partial charge is 0.0719 e. The summed E-state index contributed by atoms with van der Waals surface area (Å²) in [5, 5.41) is 0. The Kier molecular flexibility index (Phi) is 3.62. The summed E-state index contributed by atoms with van der Waals surface area (Å²) in [7, 11) is 0. The lowest BCUT2D eigenvalue weighted by Crippen LogP contribution is -1.52. The molecule has 0 unspecified atom stereocenters. The second-order valence-electron chi connectivity index (χ2n) is 0.812.